The van der Waals surface area contributed by atoms with Crippen LogP contribution in [-0.4, -0.2) is 5.67 Å². The van der Waals surface area contributed by atoms with Gasteiger partial charge in [-0.15, -0.1) is 0 Å². The molecule has 1 aromatic carbocycles. The van der Waals surface area contributed by atoms with Crippen molar-refractivity contribution in [2.45, 2.75) is 37.8 Å². The first-order valence-corrected chi connectivity index (χ1v) is 5.28. The summed E-state index contributed by atoms with van der Waals surface area (Å²) in [6, 6.07) is 7.58. The van der Waals surface area contributed by atoms with E-state index in [4.69, 9.17) is 11.6 Å². The van der Waals surface area contributed by atoms with Gasteiger partial charge in [0, 0.05) is 10.4 Å². The molecule has 2 heteroatoms. The molecule has 14 heavy (non-hydrogen) atoms. The summed E-state index contributed by atoms with van der Waals surface area (Å²) in [6.45, 7) is 3.31. The monoisotopic (exact) mass is 212 g/mol. The van der Waals surface area contributed by atoms with Crippen LogP contribution in [0.2, 0.25) is 5.02 Å². The Kier molecular flexibility index (Phi) is 2.11. The molecule has 76 valence electrons. The quantitative estimate of drug-likeness (QED) is 0.692. The predicted molar refractivity (Wildman–Crippen MR) is 57.6 cm³/mol. The second-order valence-corrected chi connectivity index (χ2v) is 5.00. The van der Waals surface area contributed by atoms with Crippen molar-refractivity contribution < 1.29 is 4.39 Å². The van der Waals surface area contributed by atoms with Gasteiger partial charge in [-0.2, -0.15) is 0 Å². The van der Waals surface area contributed by atoms with E-state index in [1.807, 2.05) is 24.3 Å². The van der Waals surface area contributed by atoms with E-state index in [0.29, 0.717) is 5.02 Å². The molecule has 0 aromatic heterocycles. The molecule has 1 aliphatic carbocycles. The SMILES string of the molecule is CC(C)(F)C1(c2cccc(Cl)c2)CC1. The summed E-state index contributed by atoms with van der Waals surface area (Å²) < 4.78 is 14.0. The molecule has 1 aliphatic rings. The average molecular weight is 213 g/mol. The minimum atomic E-state index is -1.16. The van der Waals surface area contributed by atoms with E-state index in [-0.39, 0.29) is 5.41 Å². The molecule has 0 atom stereocenters. The highest BCUT2D eigenvalue weighted by atomic mass is 35.5. The lowest BCUT2D eigenvalue weighted by molar-refractivity contribution is 0.156. The van der Waals surface area contributed by atoms with Gasteiger partial charge in [0.1, 0.15) is 5.67 Å². The van der Waals surface area contributed by atoms with Gasteiger partial charge >= 0.3 is 0 Å². The number of hydrogen-bond donors (Lipinski definition) is 0. The zero-order chi connectivity index (χ0) is 10.4. The van der Waals surface area contributed by atoms with Crippen LogP contribution in [0.1, 0.15) is 32.3 Å². The summed E-state index contributed by atoms with van der Waals surface area (Å²) in [4.78, 5) is 0. The molecule has 0 radical (unpaired) electrons. The smallest absolute Gasteiger partial charge is 0.115 e. The molecule has 0 unspecified atom stereocenters. The number of benzene rings is 1. The molecule has 1 aromatic rings. The topological polar surface area (TPSA) is 0 Å². The molecule has 0 amide bonds. The van der Waals surface area contributed by atoms with E-state index < -0.39 is 5.67 Å². The first-order valence-electron chi connectivity index (χ1n) is 4.91. The Bertz CT molecular complexity index is 348. The van der Waals surface area contributed by atoms with Crippen LogP contribution in [-0.2, 0) is 5.41 Å². The van der Waals surface area contributed by atoms with Crippen LogP contribution < -0.4 is 0 Å². The van der Waals surface area contributed by atoms with Crippen molar-refractivity contribution in [1.29, 1.82) is 0 Å². The molecule has 0 spiro atoms. The van der Waals surface area contributed by atoms with Crippen LogP contribution in [0.5, 0.6) is 0 Å². The van der Waals surface area contributed by atoms with Crippen LogP contribution in [0.3, 0.4) is 0 Å². The third-order valence-electron chi connectivity index (χ3n) is 3.27. The highest BCUT2D eigenvalue weighted by Crippen LogP contribution is 2.57. The average Bonchev–Trinajstić information content (AvgIpc) is 2.82. The van der Waals surface area contributed by atoms with Gasteiger partial charge < -0.3 is 0 Å². The Hall–Kier alpha value is -0.560. The van der Waals surface area contributed by atoms with E-state index >= 15 is 0 Å². The van der Waals surface area contributed by atoms with Gasteiger partial charge in [-0.3, -0.25) is 0 Å². The number of hydrogen-bond acceptors (Lipinski definition) is 0. The fraction of sp³-hybridized carbons (Fsp3) is 0.500. The number of alkyl halides is 1. The van der Waals surface area contributed by atoms with Gasteiger partial charge in [0.05, 0.1) is 0 Å². The Morgan fingerprint density at radius 2 is 2.00 bits per heavy atom. The second kappa shape index (κ2) is 2.96. The van der Waals surface area contributed by atoms with Crippen molar-refractivity contribution in [2.75, 3.05) is 0 Å². The summed E-state index contributed by atoms with van der Waals surface area (Å²) >= 11 is 5.91. The Morgan fingerprint density at radius 3 is 2.43 bits per heavy atom. The Morgan fingerprint density at radius 1 is 1.36 bits per heavy atom. The lowest BCUT2D eigenvalue weighted by Gasteiger charge is -2.27. The highest BCUT2D eigenvalue weighted by molar-refractivity contribution is 6.30. The third-order valence-corrected chi connectivity index (χ3v) is 3.50. The van der Waals surface area contributed by atoms with E-state index in [0.717, 1.165) is 18.4 Å². The molecule has 1 fully saturated rings. The highest BCUT2D eigenvalue weighted by Gasteiger charge is 2.56. The molecule has 0 bridgehead atoms. The zero-order valence-corrected chi connectivity index (χ0v) is 9.24. The maximum Gasteiger partial charge on any atom is 0.115 e. The molecule has 0 nitrogen and oxygen atoms in total. The predicted octanol–water partition coefficient (Wildman–Crippen LogP) is 4.12. The van der Waals surface area contributed by atoms with Crippen molar-refractivity contribution in [1.82, 2.24) is 0 Å². The normalized spacial score (nSPS) is 19.4. The summed E-state index contributed by atoms with van der Waals surface area (Å²) in [5.74, 6) is 0. The minimum Gasteiger partial charge on any atom is -0.244 e. The van der Waals surface area contributed by atoms with E-state index in [1.165, 1.54) is 0 Å². The van der Waals surface area contributed by atoms with Crippen LogP contribution in [0.25, 0.3) is 0 Å². The van der Waals surface area contributed by atoms with Gasteiger partial charge in [0.15, 0.2) is 0 Å². The van der Waals surface area contributed by atoms with Crippen molar-refractivity contribution in [3.05, 3.63) is 34.9 Å². The van der Waals surface area contributed by atoms with Crippen LogP contribution in [0, 0.1) is 0 Å². The Balaban J connectivity index is 2.41. The Labute approximate surface area is 89.1 Å². The minimum absolute atomic E-state index is 0.280. The van der Waals surface area contributed by atoms with E-state index in [9.17, 15) is 4.39 Å². The van der Waals surface area contributed by atoms with Gasteiger partial charge in [-0.1, -0.05) is 23.7 Å². The number of halogens is 2. The van der Waals surface area contributed by atoms with E-state index in [1.54, 1.807) is 13.8 Å². The molecular formula is C12H14ClF. The molecule has 0 heterocycles. The lowest BCUT2D eigenvalue weighted by Crippen LogP contribution is -2.31. The molecule has 2 rings (SSSR count). The van der Waals surface area contributed by atoms with Crippen molar-refractivity contribution >= 4 is 11.6 Å². The van der Waals surface area contributed by atoms with Crippen molar-refractivity contribution in [2.24, 2.45) is 0 Å². The molecular weight excluding hydrogens is 199 g/mol. The maximum absolute atomic E-state index is 14.0. The molecule has 0 saturated heterocycles. The largest absolute Gasteiger partial charge is 0.244 e. The van der Waals surface area contributed by atoms with Crippen molar-refractivity contribution in [3.63, 3.8) is 0 Å². The van der Waals surface area contributed by atoms with Gasteiger partial charge in [0.25, 0.3) is 0 Å². The summed E-state index contributed by atoms with van der Waals surface area (Å²) in [7, 11) is 0. The molecule has 0 N–H and O–H groups in total. The maximum atomic E-state index is 14.0. The zero-order valence-electron chi connectivity index (χ0n) is 8.48. The lowest BCUT2D eigenvalue weighted by atomic mass is 9.83. The summed E-state index contributed by atoms with van der Waals surface area (Å²) in [5.41, 5.74) is -0.396. The third kappa shape index (κ3) is 1.44. The fourth-order valence-corrected chi connectivity index (χ4v) is 2.33. The molecule has 0 aliphatic heterocycles. The van der Waals surface area contributed by atoms with Crippen LogP contribution >= 0.6 is 11.6 Å². The number of rotatable bonds is 2. The fourth-order valence-electron chi connectivity index (χ4n) is 2.14. The van der Waals surface area contributed by atoms with Crippen LogP contribution in [0.15, 0.2) is 24.3 Å². The van der Waals surface area contributed by atoms with Gasteiger partial charge in [0.2, 0.25) is 0 Å². The van der Waals surface area contributed by atoms with Crippen LogP contribution in [0.4, 0.5) is 4.39 Å². The summed E-state index contributed by atoms with van der Waals surface area (Å²) in [5, 5.41) is 0.693. The standard InChI is InChI=1S/C12H14ClF/c1-11(2,14)12(6-7-12)9-4-3-5-10(13)8-9/h3-5,8H,6-7H2,1-2H3. The van der Waals surface area contributed by atoms with Gasteiger partial charge in [-0.25, -0.2) is 4.39 Å². The van der Waals surface area contributed by atoms with E-state index in [2.05, 4.69) is 0 Å². The van der Waals surface area contributed by atoms with Gasteiger partial charge in [-0.05, 0) is 44.4 Å². The summed E-state index contributed by atoms with van der Waals surface area (Å²) in [6.07, 6.45) is 1.85. The first kappa shape index (κ1) is 9.97. The van der Waals surface area contributed by atoms with Crippen molar-refractivity contribution in [3.8, 4) is 0 Å². The molecule has 1 saturated carbocycles. The second-order valence-electron chi connectivity index (χ2n) is 4.56. The first-order chi connectivity index (χ1) is 6.46.